The Morgan fingerprint density at radius 2 is 2.16 bits per heavy atom. The third-order valence-electron chi connectivity index (χ3n) is 5.26. The fraction of sp³-hybridized carbons (Fsp3) is 0.381. The zero-order valence-electron chi connectivity index (χ0n) is 17.3. The van der Waals surface area contributed by atoms with E-state index in [1.165, 1.54) is 12.3 Å². The third kappa shape index (κ3) is 4.58. The lowest BCUT2D eigenvalue weighted by molar-refractivity contribution is -0.0249. The van der Waals surface area contributed by atoms with E-state index in [1.807, 2.05) is 20.0 Å². The number of carbonyl (C=O) groups is 1. The van der Waals surface area contributed by atoms with E-state index >= 15 is 0 Å². The molecule has 10 heteroatoms. The van der Waals surface area contributed by atoms with Crippen LogP contribution in [0.4, 0.5) is 8.78 Å². The molecule has 164 valence electrons. The smallest absolute Gasteiger partial charge is 0.257 e. The lowest BCUT2D eigenvalue weighted by atomic mass is 10.1. The summed E-state index contributed by atoms with van der Waals surface area (Å²) < 4.78 is 39.4. The van der Waals surface area contributed by atoms with E-state index in [0.717, 1.165) is 29.2 Å². The zero-order chi connectivity index (χ0) is 22.0. The Bertz CT molecular complexity index is 1080. The highest BCUT2D eigenvalue weighted by Crippen LogP contribution is 2.24. The van der Waals surface area contributed by atoms with Gasteiger partial charge in [0, 0.05) is 37.5 Å². The van der Waals surface area contributed by atoms with Crippen LogP contribution >= 0.6 is 0 Å². The first-order valence-corrected chi connectivity index (χ1v) is 9.94. The van der Waals surface area contributed by atoms with Crippen LogP contribution in [0.25, 0.3) is 0 Å². The lowest BCUT2D eigenvalue weighted by Gasteiger charge is -2.32. The molecular formula is C21H23F2N5O3. The molecule has 0 saturated carbocycles. The minimum atomic E-state index is -0.945. The van der Waals surface area contributed by atoms with Gasteiger partial charge in [-0.2, -0.15) is 10.2 Å². The number of aromatic amines is 1. The Kier molecular flexibility index (Phi) is 5.99. The highest BCUT2D eigenvalue weighted by molar-refractivity contribution is 5.95. The monoisotopic (exact) mass is 431 g/mol. The molecule has 1 fully saturated rings. The average Bonchev–Trinajstić information content (AvgIpc) is 3.36. The minimum absolute atomic E-state index is 0.0874. The van der Waals surface area contributed by atoms with Gasteiger partial charge in [-0.3, -0.25) is 14.6 Å². The maximum Gasteiger partial charge on any atom is 0.257 e. The predicted octanol–water partition coefficient (Wildman–Crippen LogP) is 2.57. The van der Waals surface area contributed by atoms with Crippen molar-refractivity contribution in [1.82, 2.24) is 24.9 Å². The van der Waals surface area contributed by atoms with Gasteiger partial charge < -0.3 is 14.4 Å². The van der Waals surface area contributed by atoms with Crippen LogP contribution in [-0.4, -0.2) is 57.1 Å². The van der Waals surface area contributed by atoms with Crippen molar-refractivity contribution in [2.45, 2.75) is 19.4 Å². The number of aromatic nitrogens is 4. The van der Waals surface area contributed by atoms with E-state index in [-0.39, 0.29) is 24.4 Å². The molecule has 1 atom stereocenters. The van der Waals surface area contributed by atoms with E-state index in [2.05, 4.69) is 15.3 Å². The maximum atomic E-state index is 13.3. The average molecular weight is 431 g/mol. The number of morpholine rings is 1. The number of hydrogen-bond donors (Lipinski definition) is 1. The van der Waals surface area contributed by atoms with Crippen molar-refractivity contribution in [3.63, 3.8) is 0 Å². The molecule has 0 radical (unpaired) electrons. The number of ether oxygens (including phenoxy) is 2. The van der Waals surface area contributed by atoms with Gasteiger partial charge in [0.15, 0.2) is 11.6 Å². The molecule has 2 aromatic heterocycles. The van der Waals surface area contributed by atoms with E-state index in [9.17, 15) is 13.6 Å². The standard InChI is InChI=1S/C21H23F2N5O3/c1-13-16(11-24-25-13)21(29)28-6-8-31-20(12-28)19-9-14(27(2)26-19)5-7-30-15-3-4-17(22)18(23)10-15/h3-4,9-11,20H,5-8,12H2,1-2H3,(H,24,25)/t20-/m0/s1. The Labute approximate surface area is 177 Å². The van der Waals surface area contributed by atoms with Crippen molar-refractivity contribution in [3.05, 3.63) is 64.7 Å². The first-order valence-electron chi connectivity index (χ1n) is 9.94. The van der Waals surface area contributed by atoms with Gasteiger partial charge in [-0.05, 0) is 25.1 Å². The first-order chi connectivity index (χ1) is 14.9. The van der Waals surface area contributed by atoms with Crippen molar-refractivity contribution < 1.29 is 23.0 Å². The van der Waals surface area contributed by atoms with Crippen LogP contribution in [0.1, 0.15) is 33.5 Å². The van der Waals surface area contributed by atoms with E-state index in [0.29, 0.717) is 31.7 Å². The Morgan fingerprint density at radius 1 is 1.32 bits per heavy atom. The van der Waals surface area contributed by atoms with Gasteiger partial charge in [0.2, 0.25) is 0 Å². The van der Waals surface area contributed by atoms with Crippen LogP contribution in [-0.2, 0) is 18.2 Å². The summed E-state index contributed by atoms with van der Waals surface area (Å²) in [5.41, 5.74) is 2.91. The minimum Gasteiger partial charge on any atom is -0.493 e. The molecule has 1 aromatic carbocycles. The lowest BCUT2D eigenvalue weighted by Crippen LogP contribution is -2.42. The second-order valence-electron chi connectivity index (χ2n) is 7.38. The maximum absolute atomic E-state index is 13.3. The topological polar surface area (TPSA) is 85.3 Å². The summed E-state index contributed by atoms with van der Waals surface area (Å²) in [6, 6.07) is 5.35. The molecule has 0 spiro atoms. The Hall–Kier alpha value is -3.27. The van der Waals surface area contributed by atoms with Crippen molar-refractivity contribution >= 4 is 5.91 Å². The van der Waals surface area contributed by atoms with Crippen LogP contribution in [0.5, 0.6) is 5.75 Å². The quantitative estimate of drug-likeness (QED) is 0.649. The highest BCUT2D eigenvalue weighted by Gasteiger charge is 2.29. The first kappa shape index (κ1) is 21.0. The molecule has 0 aliphatic carbocycles. The number of halogens is 2. The molecule has 3 aromatic rings. The summed E-state index contributed by atoms with van der Waals surface area (Å²) in [4.78, 5) is 14.5. The van der Waals surface area contributed by atoms with Gasteiger partial charge in [0.1, 0.15) is 11.9 Å². The van der Waals surface area contributed by atoms with Crippen LogP contribution in [0.2, 0.25) is 0 Å². The summed E-state index contributed by atoms with van der Waals surface area (Å²) in [5, 5.41) is 11.2. The molecular weight excluding hydrogens is 408 g/mol. The second-order valence-corrected chi connectivity index (χ2v) is 7.38. The number of aryl methyl sites for hydroxylation is 2. The van der Waals surface area contributed by atoms with Gasteiger partial charge >= 0.3 is 0 Å². The summed E-state index contributed by atoms with van der Waals surface area (Å²) in [5.74, 6) is -1.68. The number of hydrogen-bond acceptors (Lipinski definition) is 5. The van der Waals surface area contributed by atoms with Gasteiger partial charge in [0.05, 0.1) is 37.2 Å². The van der Waals surface area contributed by atoms with Gasteiger partial charge in [0.25, 0.3) is 5.91 Å². The molecule has 0 bridgehead atoms. The van der Waals surface area contributed by atoms with Gasteiger partial charge in [-0.25, -0.2) is 8.78 Å². The van der Waals surface area contributed by atoms with E-state index in [4.69, 9.17) is 9.47 Å². The normalized spacial score (nSPS) is 16.5. The van der Waals surface area contributed by atoms with Gasteiger partial charge in [-0.1, -0.05) is 0 Å². The van der Waals surface area contributed by atoms with Crippen molar-refractivity contribution in [3.8, 4) is 5.75 Å². The van der Waals surface area contributed by atoms with Crippen molar-refractivity contribution in [1.29, 1.82) is 0 Å². The summed E-state index contributed by atoms with van der Waals surface area (Å²) in [6.45, 7) is 3.40. The molecule has 1 aliphatic rings. The molecule has 0 unspecified atom stereocenters. The second kappa shape index (κ2) is 8.84. The molecule has 1 saturated heterocycles. The number of nitrogens with zero attached hydrogens (tertiary/aromatic N) is 4. The summed E-state index contributed by atoms with van der Waals surface area (Å²) >= 11 is 0. The van der Waals surface area contributed by atoms with Crippen LogP contribution < -0.4 is 4.74 Å². The van der Waals surface area contributed by atoms with Crippen molar-refractivity contribution in [2.75, 3.05) is 26.3 Å². The van der Waals surface area contributed by atoms with Crippen LogP contribution in [0.15, 0.2) is 30.5 Å². The Morgan fingerprint density at radius 3 is 2.90 bits per heavy atom. The molecule has 4 rings (SSSR count). The predicted molar refractivity (Wildman–Crippen MR) is 107 cm³/mol. The number of rotatable bonds is 6. The zero-order valence-corrected chi connectivity index (χ0v) is 17.3. The summed E-state index contributed by atoms with van der Waals surface area (Å²) in [7, 11) is 1.82. The number of amides is 1. The SMILES string of the molecule is Cc1[nH]ncc1C(=O)N1CCO[C@H](c2cc(CCOc3ccc(F)c(F)c3)n(C)n2)C1. The number of benzene rings is 1. The third-order valence-corrected chi connectivity index (χ3v) is 5.26. The molecule has 31 heavy (non-hydrogen) atoms. The molecule has 8 nitrogen and oxygen atoms in total. The fourth-order valence-electron chi connectivity index (χ4n) is 3.51. The van der Waals surface area contributed by atoms with Gasteiger partial charge in [-0.15, -0.1) is 0 Å². The molecule has 1 amide bonds. The van der Waals surface area contributed by atoms with Crippen LogP contribution in [0.3, 0.4) is 0 Å². The summed E-state index contributed by atoms with van der Waals surface area (Å²) in [6.07, 6.45) is 1.72. The highest BCUT2D eigenvalue weighted by atomic mass is 19.2. The molecule has 1 aliphatic heterocycles. The number of carbonyl (C=O) groups excluding carboxylic acids is 1. The fourth-order valence-corrected chi connectivity index (χ4v) is 3.51. The number of nitrogens with one attached hydrogen (secondary N) is 1. The van der Waals surface area contributed by atoms with E-state index in [1.54, 1.807) is 9.58 Å². The molecule has 1 N–H and O–H groups in total. The van der Waals surface area contributed by atoms with E-state index < -0.39 is 11.6 Å². The Balaban J connectivity index is 1.38. The molecule has 3 heterocycles. The largest absolute Gasteiger partial charge is 0.493 e. The van der Waals surface area contributed by atoms with Crippen LogP contribution in [0, 0.1) is 18.6 Å². The number of H-pyrrole nitrogens is 1. The van der Waals surface area contributed by atoms with Crippen molar-refractivity contribution in [2.24, 2.45) is 7.05 Å².